The highest BCUT2D eigenvalue weighted by Gasteiger charge is 2.34. The third-order valence-corrected chi connectivity index (χ3v) is 5.61. The van der Waals surface area contributed by atoms with Crippen molar-refractivity contribution in [1.29, 1.82) is 0 Å². The van der Waals surface area contributed by atoms with Crippen LogP contribution in [0.25, 0.3) is 0 Å². The lowest BCUT2D eigenvalue weighted by molar-refractivity contribution is 0.0486. The molecule has 0 radical (unpaired) electrons. The minimum atomic E-state index is 0.586. The predicted octanol–water partition coefficient (Wildman–Crippen LogP) is 2.89. The van der Waals surface area contributed by atoms with E-state index in [0.717, 1.165) is 35.1 Å². The van der Waals surface area contributed by atoms with Crippen molar-refractivity contribution < 1.29 is 4.42 Å². The van der Waals surface area contributed by atoms with Gasteiger partial charge in [-0.1, -0.05) is 0 Å². The molecule has 2 saturated heterocycles. The quantitative estimate of drug-likeness (QED) is 0.803. The Balaban J connectivity index is 1.39. The first-order valence-electron chi connectivity index (χ1n) is 8.29. The molecule has 2 aliphatic heterocycles. The fraction of sp³-hybridized carbons (Fsp3) is 0.529. The van der Waals surface area contributed by atoms with Crippen LogP contribution in [0, 0.1) is 0 Å². The minimum Gasteiger partial charge on any atom is -0.453 e. The molecule has 0 bridgehead atoms. The summed E-state index contributed by atoms with van der Waals surface area (Å²) in [5.74, 6) is 1.03. The van der Waals surface area contributed by atoms with Crippen molar-refractivity contribution in [3.8, 4) is 0 Å². The highest BCUT2D eigenvalue weighted by Crippen LogP contribution is 2.29. The average molecular weight is 330 g/mol. The molecular weight excluding hydrogens is 308 g/mol. The summed E-state index contributed by atoms with van der Waals surface area (Å²) < 4.78 is 5.98. The van der Waals surface area contributed by atoms with E-state index in [9.17, 15) is 0 Å². The topological polar surface area (TPSA) is 45.4 Å². The Morgan fingerprint density at radius 2 is 2.13 bits per heavy atom. The molecule has 0 aromatic carbocycles. The normalized spacial score (nSPS) is 25.6. The van der Waals surface area contributed by atoms with Crippen molar-refractivity contribution in [2.24, 2.45) is 0 Å². The zero-order valence-corrected chi connectivity index (χ0v) is 14.2. The van der Waals surface area contributed by atoms with E-state index in [0.29, 0.717) is 6.04 Å². The average Bonchev–Trinajstić information content (AvgIpc) is 3.18. The molecule has 2 fully saturated rings. The number of hydrogen-bond acceptors (Lipinski definition) is 6. The fourth-order valence-corrected chi connectivity index (χ4v) is 4.29. The number of furan rings is 1. The third-order valence-electron chi connectivity index (χ3n) is 4.80. The second kappa shape index (κ2) is 6.63. The van der Waals surface area contributed by atoms with E-state index in [4.69, 9.17) is 4.42 Å². The van der Waals surface area contributed by atoms with Gasteiger partial charge in [0.1, 0.15) is 5.76 Å². The Morgan fingerprint density at radius 1 is 1.26 bits per heavy atom. The lowest BCUT2D eigenvalue weighted by Crippen LogP contribution is -2.54. The maximum absolute atomic E-state index is 5.98. The summed E-state index contributed by atoms with van der Waals surface area (Å²) in [7, 11) is 0. The van der Waals surface area contributed by atoms with Gasteiger partial charge in [0.2, 0.25) is 0 Å². The summed E-state index contributed by atoms with van der Waals surface area (Å²) >= 11 is 1.47. The summed E-state index contributed by atoms with van der Waals surface area (Å²) in [5, 5.41) is 1.58. The Bertz CT molecular complexity index is 647. The standard InChI is InChI=1S/C17H22N4OS/c1-13-10-20-9-2-4-14(20)11-21(13)12-15-5-6-16(22-15)23-17-18-7-3-8-19-17/h3,5-8,13-14H,2,4,9-12H2,1H3/t13-,14+/m1/s1. The van der Waals surface area contributed by atoms with Gasteiger partial charge in [-0.05, 0) is 56.3 Å². The summed E-state index contributed by atoms with van der Waals surface area (Å²) in [5.41, 5.74) is 0. The van der Waals surface area contributed by atoms with Gasteiger partial charge in [-0.15, -0.1) is 0 Å². The van der Waals surface area contributed by atoms with Crippen LogP contribution in [0.1, 0.15) is 25.5 Å². The number of aromatic nitrogens is 2. The highest BCUT2D eigenvalue weighted by atomic mass is 32.2. The van der Waals surface area contributed by atoms with Gasteiger partial charge in [0.25, 0.3) is 0 Å². The van der Waals surface area contributed by atoms with Crippen LogP contribution in [-0.4, -0.2) is 51.5 Å². The van der Waals surface area contributed by atoms with Crippen LogP contribution in [0.4, 0.5) is 0 Å². The molecule has 0 N–H and O–H groups in total. The molecule has 2 aromatic rings. The SMILES string of the molecule is C[C@@H]1CN2CCC[C@H]2CN1Cc1ccc(Sc2ncccn2)o1. The maximum atomic E-state index is 5.98. The van der Waals surface area contributed by atoms with Gasteiger partial charge < -0.3 is 4.42 Å². The van der Waals surface area contributed by atoms with Crippen LogP contribution < -0.4 is 0 Å². The molecule has 0 saturated carbocycles. The number of piperazine rings is 1. The van der Waals surface area contributed by atoms with Gasteiger partial charge in [-0.2, -0.15) is 0 Å². The highest BCUT2D eigenvalue weighted by molar-refractivity contribution is 7.99. The van der Waals surface area contributed by atoms with E-state index in [1.807, 2.05) is 12.1 Å². The summed E-state index contributed by atoms with van der Waals surface area (Å²) in [6, 6.07) is 7.25. The summed E-state index contributed by atoms with van der Waals surface area (Å²) in [6.07, 6.45) is 6.20. The number of nitrogens with zero attached hydrogens (tertiary/aromatic N) is 4. The van der Waals surface area contributed by atoms with Gasteiger partial charge in [0.05, 0.1) is 6.54 Å². The first kappa shape index (κ1) is 15.2. The van der Waals surface area contributed by atoms with E-state index in [1.165, 1.54) is 37.7 Å². The van der Waals surface area contributed by atoms with Crippen molar-refractivity contribution in [3.05, 3.63) is 36.4 Å². The molecule has 0 amide bonds. The monoisotopic (exact) mass is 330 g/mol. The van der Waals surface area contributed by atoms with Gasteiger partial charge in [-0.25, -0.2) is 9.97 Å². The van der Waals surface area contributed by atoms with E-state index < -0.39 is 0 Å². The van der Waals surface area contributed by atoms with E-state index in [-0.39, 0.29) is 0 Å². The van der Waals surface area contributed by atoms with Crippen LogP contribution in [0.15, 0.2) is 45.3 Å². The fourth-order valence-electron chi connectivity index (χ4n) is 3.59. The first-order chi connectivity index (χ1) is 11.3. The van der Waals surface area contributed by atoms with Gasteiger partial charge in [0.15, 0.2) is 10.2 Å². The second-order valence-electron chi connectivity index (χ2n) is 6.42. The van der Waals surface area contributed by atoms with Crippen LogP contribution in [0.3, 0.4) is 0 Å². The Kier molecular flexibility index (Phi) is 4.37. The predicted molar refractivity (Wildman–Crippen MR) is 89.3 cm³/mol. The molecule has 0 unspecified atom stereocenters. The molecule has 0 aliphatic carbocycles. The van der Waals surface area contributed by atoms with Crippen LogP contribution >= 0.6 is 11.8 Å². The third kappa shape index (κ3) is 3.44. The zero-order valence-electron chi connectivity index (χ0n) is 13.4. The van der Waals surface area contributed by atoms with Crippen molar-refractivity contribution in [1.82, 2.24) is 19.8 Å². The van der Waals surface area contributed by atoms with Gasteiger partial charge in [-0.3, -0.25) is 9.80 Å². The smallest absolute Gasteiger partial charge is 0.195 e. The molecule has 2 aliphatic rings. The van der Waals surface area contributed by atoms with Crippen LogP contribution in [-0.2, 0) is 6.54 Å². The lowest BCUT2D eigenvalue weighted by Gasteiger charge is -2.41. The Labute approximate surface area is 141 Å². The molecule has 2 aromatic heterocycles. The molecule has 4 rings (SSSR count). The van der Waals surface area contributed by atoms with Crippen molar-refractivity contribution >= 4 is 11.8 Å². The molecule has 23 heavy (non-hydrogen) atoms. The van der Waals surface area contributed by atoms with E-state index in [2.05, 4.69) is 32.8 Å². The lowest BCUT2D eigenvalue weighted by atomic mass is 10.1. The van der Waals surface area contributed by atoms with Crippen LogP contribution in [0.5, 0.6) is 0 Å². The number of rotatable bonds is 4. The van der Waals surface area contributed by atoms with E-state index >= 15 is 0 Å². The summed E-state index contributed by atoms with van der Waals surface area (Å²) in [6.45, 7) is 6.84. The van der Waals surface area contributed by atoms with Crippen LogP contribution in [0.2, 0.25) is 0 Å². The van der Waals surface area contributed by atoms with E-state index in [1.54, 1.807) is 12.4 Å². The minimum absolute atomic E-state index is 0.586. The molecular formula is C17H22N4OS. The molecule has 122 valence electrons. The number of fused-ring (bicyclic) bond motifs is 1. The van der Waals surface area contributed by atoms with Crippen molar-refractivity contribution in [2.45, 2.75) is 48.6 Å². The van der Waals surface area contributed by atoms with Gasteiger partial charge in [0, 0.05) is 37.6 Å². The Morgan fingerprint density at radius 3 is 3.00 bits per heavy atom. The summed E-state index contributed by atoms with van der Waals surface area (Å²) in [4.78, 5) is 13.7. The molecule has 4 heterocycles. The Hall–Kier alpha value is -1.37. The molecule has 0 spiro atoms. The molecule has 5 nitrogen and oxygen atoms in total. The molecule has 2 atom stereocenters. The first-order valence-corrected chi connectivity index (χ1v) is 9.11. The van der Waals surface area contributed by atoms with Crippen molar-refractivity contribution in [3.63, 3.8) is 0 Å². The maximum Gasteiger partial charge on any atom is 0.195 e. The largest absolute Gasteiger partial charge is 0.453 e. The zero-order chi connectivity index (χ0) is 15.6. The van der Waals surface area contributed by atoms with Crippen molar-refractivity contribution in [2.75, 3.05) is 19.6 Å². The molecule has 6 heteroatoms. The second-order valence-corrected chi connectivity index (χ2v) is 7.40. The van der Waals surface area contributed by atoms with Gasteiger partial charge >= 0.3 is 0 Å². The number of hydrogen-bond donors (Lipinski definition) is 0.